The fraction of sp³-hybridized carbons (Fsp3) is 0.950. The summed E-state index contributed by atoms with van der Waals surface area (Å²) in [5.74, 6) is 1.91. The van der Waals surface area contributed by atoms with Crippen LogP contribution in [-0.4, -0.2) is 17.5 Å². The van der Waals surface area contributed by atoms with E-state index < -0.39 is 0 Å². The molecule has 0 saturated heterocycles. The van der Waals surface area contributed by atoms with E-state index in [0.29, 0.717) is 35.1 Å². The molecule has 0 heterocycles. The van der Waals surface area contributed by atoms with Crippen molar-refractivity contribution in [3.05, 3.63) is 0 Å². The van der Waals surface area contributed by atoms with E-state index >= 15 is 0 Å². The van der Waals surface area contributed by atoms with Gasteiger partial charge in [0.05, 0.1) is 0 Å². The Morgan fingerprint density at radius 2 is 1.77 bits per heavy atom. The van der Waals surface area contributed by atoms with Gasteiger partial charge in [0, 0.05) is 18.4 Å². The smallest absolute Gasteiger partial charge is 0.139 e. The van der Waals surface area contributed by atoms with Crippen molar-refractivity contribution in [3.8, 4) is 0 Å². The van der Waals surface area contributed by atoms with Gasteiger partial charge in [-0.2, -0.15) is 0 Å². The van der Waals surface area contributed by atoms with Crippen molar-refractivity contribution in [1.82, 2.24) is 0 Å². The van der Waals surface area contributed by atoms with E-state index in [0.717, 1.165) is 19.3 Å². The number of hydrogen-bond acceptors (Lipinski definition) is 2. The number of ketones is 1. The summed E-state index contributed by atoms with van der Waals surface area (Å²) in [5.41, 5.74) is 0.760. The van der Waals surface area contributed by atoms with Gasteiger partial charge in [0.1, 0.15) is 5.78 Å². The van der Waals surface area contributed by atoms with Gasteiger partial charge in [-0.05, 0) is 73.0 Å². The second-order valence-electron chi connectivity index (χ2n) is 10.1. The molecule has 22 heavy (non-hydrogen) atoms. The van der Waals surface area contributed by atoms with Crippen LogP contribution in [0.15, 0.2) is 0 Å². The maximum atomic E-state index is 12.6. The van der Waals surface area contributed by atoms with Crippen LogP contribution in [0.25, 0.3) is 0 Å². The Labute approximate surface area is 135 Å². The molecule has 2 bridgehead atoms. The summed E-state index contributed by atoms with van der Waals surface area (Å²) >= 11 is 0. The van der Waals surface area contributed by atoms with E-state index in [2.05, 4.69) is 20.8 Å². The van der Waals surface area contributed by atoms with Gasteiger partial charge in [0.25, 0.3) is 0 Å². The third kappa shape index (κ3) is 1.68. The van der Waals surface area contributed by atoms with E-state index in [1.54, 1.807) is 0 Å². The highest BCUT2D eigenvalue weighted by atomic mass is 16.3. The molecule has 0 radical (unpaired) electrons. The molecule has 1 N–H and O–H groups in total. The van der Waals surface area contributed by atoms with Gasteiger partial charge in [0.2, 0.25) is 0 Å². The first-order valence-corrected chi connectivity index (χ1v) is 9.42. The van der Waals surface area contributed by atoms with Gasteiger partial charge in [-0.1, -0.05) is 27.2 Å². The molecule has 4 saturated carbocycles. The molecule has 124 valence electrons. The van der Waals surface area contributed by atoms with Crippen LogP contribution in [0.3, 0.4) is 0 Å². The summed E-state index contributed by atoms with van der Waals surface area (Å²) in [6, 6.07) is 0. The Hall–Kier alpha value is -0.370. The standard InChI is InChI=1S/C20H32O2/c1-17-9-5-15-19(3)8-4-7-18(2,13-21)14(19)6-10-20(15,12-17)11-16(17)22/h14-15,21H,4-13H2,1-3H3/t14-,15+,17+,18+,19-,20+/m1/s1. The zero-order valence-electron chi connectivity index (χ0n) is 14.6. The maximum Gasteiger partial charge on any atom is 0.139 e. The average molecular weight is 304 g/mol. The maximum absolute atomic E-state index is 12.6. The zero-order valence-corrected chi connectivity index (χ0v) is 14.6. The average Bonchev–Trinajstić information content (AvgIpc) is 2.64. The largest absolute Gasteiger partial charge is 0.396 e. The van der Waals surface area contributed by atoms with Gasteiger partial charge in [-0.3, -0.25) is 4.79 Å². The molecule has 6 atom stereocenters. The van der Waals surface area contributed by atoms with Crippen LogP contribution in [0.2, 0.25) is 0 Å². The van der Waals surface area contributed by atoms with Crippen LogP contribution >= 0.6 is 0 Å². The second-order valence-corrected chi connectivity index (χ2v) is 10.1. The Kier molecular flexibility index (Phi) is 3.02. The Balaban J connectivity index is 1.74. The lowest BCUT2D eigenvalue weighted by molar-refractivity contribution is -0.163. The van der Waals surface area contributed by atoms with E-state index in [-0.39, 0.29) is 10.8 Å². The van der Waals surface area contributed by atoms with Crippen LogP contribution in [0.1, 0.15) is 78.6 Å². The first-order valence-electron chi connectivity index (χ1n) is 9.42. The van der Waals surface area contributed by atoms with Crippen molar-refractivity contribution in [2.75, 3.05) is 6.61 Å². The lowest BCUT2D eigenvalue weighted by Gasteiger charge is -2.64. The molecule has 4 fully saturated rings. The predicted octanol–water partition coefficient (Wildman–Crippen LogP) is 4.35. The van der Waals surface area contributed by atoms with Crippen LogP contribution in [0.4, 0.5) is 0 Å². The predicted molar refractivity (Wildman–Crippen MR) is 87.4 cm³/mol. The quantitative estimate of drug-likeness (QED) is 0.782. The molecule has 2 nitrogen and oxygen atoms in total. The van der Waals surface area contributed by atoms with Crippen molar-refractivity contribution < 1.29 is 9.90 Å². The van der Waals surface area contributed by atoms with Gasteiger partial charge in [-0.15, -0.1) is 0 Å². The first kappa shape index (κ1) is 15.2. The van der Waals surface area contributed by atoms with Crippen LogP contribution in [-0.2, 0) is 4.79 Å². The van der Waals surface area contributed by atoms with E-state index in [1.807, 2.05) is 0 Å². The monoisotopic (exact) mass is 304 g/mol. The molecule has 4 rings (SSSR count). The summed E-state index contributed by atoms with van der Waals surface area (Å²) < 4.78 is 0. The number of carbonyl (C=O) groups excluding carboxylic acids is 1. The summed E-state index contributed by atoms with van der Waals surface area (Å²) in [6.07, 6.45) is 10.6. The van der Waals surface area contributed by atoms with Crippen molar-refractivity contribution >= 4 is 5.78 Å². The number of rotatable bonds is 1. The summed E-state index contributed by atoms with van der Waals surface area (Å²) in [5, 5.41) is 10.1. The second kappa shape index (κ2) is 4.37. The molecular weight excluding hydrogens is 272 g/mol. The topological polar surface area (TPSA) is 37.3 Å². The Morgan fingerprint density at radius 3 is 2.50 bits per heavy atom. The molecule has 0 aliphatic heterocycles. The van der Waals surface area contributed by atoms with E-state index in [9.17, 15) is 9.90 Å². The number of hydrogen-bond donors (Lipinski definition) is 1. The molecule has 2 heteroatoms. The minimum atomic E-state index is -0.00531. The molecule has 1 spiro atoms. The molecule has 0 aromatic carbocycles. The molecule has 0 amide bonds. The van der Waals surface area contributed by atoms with E-state index in [4.69, 9.17) is 0 Å². The third-order valence-electron chi connectivity index (χ3n) is 8.84. The highest BCUT2D eigenvalue weighted by Crippen LogP contribution is 2.72. The highest BCUT2D eigenvalue weighted by molar-refractivity contribution is 5.88. The van der Waals surface area contributed by atoms with Crippen LogP contribution < -0.4 is 0 Å². The molecule has 0 aromatic heterocycles. The Morgan fingerprint density at radius 1 is 1.05 bits per heavy atom. The molecular formula is C20H32O2. The minimum absolute atomic E-state index is 0.00531. The summed E-state index contributed by atoms with van der Waals surface area (Å²) in [6.45, 7) is 7.40. The SMILES string of the molecule is C[C@@]12CC[C@@H]3[C@@](CC[C@@H]4[C@](C)(CO)CCC[C@]43C)(CC1=O)C2. The minimum Gasteiger partial charge on any atom is -0.396 e. The number of fused-ring (bicyclic) bond motifs is 3. The number of carbonyl (C=O) groups is 1. The Bertz CT molecular complexity index is 514. The van der Waals surface area contributed by atoms with Gasteiger partial charge < -0.3 is 5.11 Å². The number of aliphatic hydroxyl groups excluding tert-OH is 1. The highest BCUT2D eigenvalue weighted by Gasteiger charge is 2.66. The fourth-order valence-corrected chi connectivity index (χ4v) is 7.83. The van der Waals surface area contributed by atoms with Gasteiger partial charge >= 0.3 is 0 Å². The third-order valence-corrected chi connectivity index (χ3v) is 8.84. The normalized spacial score (nSPS) is 57.4. The van der Waals surface area contributed by atoms with Crippen LogP contribution in [0, 0.1) is 33.5 Å². The summed E-state index contributed by atoms with van der Waals surface area (Å²) in [7, 11) is 0. The number of aliphatic hydroxyl groups is 1. The van der Waals surface area contributed by atoms with Gasteiger partial charge in [0.15, 0.2) is 0 Å². The van der Waals surface area contributed by atoms with Crippen molar-refractivity contribution in [3.63, 3.8) is 0 Å². The van der Waals surface area contributed by atoms with E-state index in [1.165, 1.54) is 38.5 Å². The van der Waals surface area contributed by atoms with Crippen molar-refractivity contribution in [2.24, 2.45) is 33.5 Å². The lowest BCUT2D eigenvalue weighted by Crippen LogP contribution is -2.57. The lowest BCUT2D eigenvalue weighted by atomic mass is 9.40. The molecule has 4 aliphatic carbocycles. The molecule has 0 aromatic rings. The van der Waals surface area contributed by atoms with Crippen LogP contribution in [0.5, 0.6) is 0 Å². The first-order chi connectivity index (χ1) is 10.3. The number of Topliss-reactive ketones (excluding diaryl/α,β-unsaturated/α-hetero) is 1. The molecule has 4 aliphatic rings. The van der Waals surface area contributed by atoms with Crippen molar-refractivity contribution in [2.45, 2.75) is 78.6 Å². The fourth-order valence-electron chi connectivity index (χ4n) is 7.83. The molecule has 0 unspecified atom stereocenters. The zero-order chi connectivity index (χ0) is 15.8. The summed E-state index contributed by atoms with van der Waals surface area (Å²) in [4.78, 5) is 12.6. The van der Waals surface area contributed by atoms with Gasteiger partial charge in [-0.25, -0.2) is 0 Å². The van der Waals surface area contributed by atoms with Crippen molar-refractivity contribution in [1.29, 1.82) is 0 Å².